The summed E-state index contributed by atoms with van der Waals surface area (Å²) in [5.74, 6) is -0.591. The zero-order valence-electron chi connectivity index (χ0n) is 15.8. The summed E-state index contributed by atoms with van der Waals surface area (Å²) >= 11 is 5.76. The van der Waals surface area contributed by atoms with E-state index in [1.807, 2.05) is 6.92 Å². The number of halogens is 1. The molecule has 0 fully saturated rings. The number of hydrogen-bond acceptors (Lipinski definition) is 6. The van der Waals surface area contributed by atoms with E-state index in [1.54, 1.807) is 38.1 Å². The predicted molar refractivity (Wildman–Crippen MR) is 108 cm³/mol. The monoisotopic (exact) mass is 423 g/mol. The van der Waals surface area contributed by atoms with Gasteiger partial charge in [-0.2, -0.15) is 0 Å². The van der Waals surface area contributed by atoms with Crippen molar-refractivity contribution in [2.75, 3.05) is 6.54 Å². The first kappa shape index (κ1) is 26.7. The normalized spacial score (nSPS) is 11.2. The zero-order valence-corrected chi connectivity index (χ0v) is 16.6. The van der Waals surface area contributed by atoms with Crippen molar-refractivity contribution in [2.45, 2.75) is 52.7 Å². The third kappa shape index (κ3) is 11.5. The number of nitrogens with one attached hydrogen (secondary N) is 1. The van der Waals surface area contributed by atoms with E-state index in [2.05, 4.69) is 5.32 Å². The topological polar surface area (TPSA) is 90.9 Å². The van der Waals surface area contributed by atoms with E-state index in [4.69, 9.17) is 25.8 Å². The van der Waals surface area contributed by atoms with Crippen LogP contribution in [0.4, 0.5) is 4.79 Å². The van der Waals surface area contributed by atoms with Gasteiger partial charge in [0.05, 0.1) is 0 Å². The van der Waals surface area contributed by atoms with E-state index in [0.717, 1.165) is 0 Å². The second kappa shape index (κ2) is 14.7. The first-order chi connectivity index (χ1) is 12.8. The molecule has 1 rings (SSSR count). The van der Waals surface area contributed by atoms with Crippen molar-refractivity contribution in [2.24, 2.45) is 5.92 Å². The second-order valence-corrected chi connectivity index (χ2v) is 6.65. The van der Waals surface area contributed by atoms with Gasteiger partial charge >= 0.3 is 47.6 Å². The molecule has 0 heterocycles. The number of carbonyl (C=O) groups excluding carboxylic acids is 3. The van der Waals surface area contributed by atoms with Crippen LogP contribution in [-0.4, -0.2) is 60.4 Å². The Hall–Kier alpha value is -1.28. The van der Waals surface area contributed by atoms with Crippen LogP contribution >= 0.6 is 11.6 Å². The summed E-state index contributed by atoms with van der Waals surface area (Å²) in [7, 11) is 0. The molecule has 28 heavy (non-hydrogen) atoms. The minimum absolute atomic E-state index is 0. The van der Waals surface area contributed by atoms with Gasteiger partial charge in [0.25, 0.3) is 6.29 Å². The van der Waals surface area contributed by atoms with Crippen LogP contribution in [0, 0.1) is 5.92 Å². The van der Waals surface area contributed by atoms with Crippen molar-refractivity contribution in [3.05, 3.63) is 29.3 Å². The van der Waals surface area contributed by atoms with Crippen molar-refractivity contribution in [3.63, 3.8) is 0 Å². The Labute approximate surface area is 192 Å². The summed E-state index contributed by atoms with van der Waals surface area (Å²) in [5.41, 5.74) is 0. The first-order valence-electron chi connectivity index (χ1n) is 8.92. The van der Waals surface area contributed by atoms with Crippen LogP contribution in [0.25, 0.3) is 0 Å². The van der Waals surface area contributed by atoms with Crippen LogP contribution in [0.2, 0.25) is 5.02 Å². The fourth-order valence-corrected chi connectivity index (χ4v) is 2.07. The zero-order chi connectivity index (χ0) is 20.2. The summed E-state index contributed by atoms with van der Waals surface area (Å²) in [6.45, 7) is 5.65. The van der Waals surface area contributed by atoms with Gasteiger partial charge in [0.15, 0.2) is 0 Å². The standard InChI is InChI=1S/C19H26ClNO6.Na.H/c1-4-6-16(22)26-18(13(2)3)27-19(24)21-12-5-7-17(23)25-15-10-8-14(20)9-11-15;;/h8-11,13,18H,4-7,12H2,1-3H3,(H,21,24);;. The van der Waals surface area contributed by atoms with Crippen molar-refractivity contribution in [3.8, 4) is 5.75 Å². The molecule has 1 N–H and O–H groups in total. The van der Waals surface area contributed by atoms with E-state index >= 15 is 0 Å². The number of ether oxygens (including phenoxy) is 3. The molecule has 0 saturated carbocycles. The molecule has 152 valence electrons. The van der Waals surface area contributed by atoms with Gasteiger partial charge in [-0.25, -0.2) is 4.79 Å². The first-order valence-corrected chi connectivity index (χ1v) is 9.29. The van der Waals surface area contributed by atoms with Gasteiger partial charge in [0, 0.05) is 30.3 Å². The van der Waals surface area contributed by atoms with Crippen molar-refractivity contribution < 1.29 is 28.6 Å². The van der Waals surface area contributed by atoms with Crippen molar-refractivity contribution >= 4 is 59.2 Å². The number of alkyl carbamates (subject to hydrolysis) is 1. The van der Waals surface area contributed by atoms with Gasteiger partial charge in [-0.3, -0.25) is 9.59 Å². The van der Waals surface area contributed by atoms with Crippen LogP contribution in [0.3, 0.4) is 0 Å². The van der Waals surface area contributed by atoms with Crippen molar-refractivity contribution in [1.29, 1.82) is 0 Å². The molecule has 0 aliphatic carbocycles. The molecule has 7 nitrogen and oxygen atoms in total. The summed E-state index contributed by atoms with van der Waals surface area (Å²) in [6, 6.07) is 6.45. The van der Waals surface area contributed by atoms with Gasteiger partial charge in [-0.1, -0.05) is 32.4 Å². The fourth-order valence-electron chi connectivity index (χ4n) is 1.94. The van der Waals surface area contributed by atoms with Gasteiger partial charge < -0.3 is 19.5 Å². The Bertz CT molecular complexity index is 623. The van der Waals surface area contributed by atoms with Gasteiger partial charge in [0.1, 0.15) is 5.75 Å². The average molecular weight is 424 g/mol. The fraction of sp³-hybridized carbons (Fsp3) is 0.526. The summed E-state index contributed by atoms with van der Waals surface area (Å²) in [5, 5.41) is 3.08. The minimum atomic E-state index is -0.945. The molecule has 1 aromatic carbocycles. The van der Waals surface area contributed by atoms with E-state index in [-0.39, 0.29) is 54.9 Å². The molecule has 0 aliphatic heterocycles. The van der Waals surface area contributed by atoms with Crippen molar-refractivity contribution in [1.82, 2.24) is 5.32 Å². The predicted octanol–water partition coefficient (Wildman–Crippen LogP) is 3.43. The van der Waals surface area contributed by atoms with Crippen LogP contribution < -0.4 is 10.1 Å². The van der Waals surface area contributed by atoms with Gasteiger partial charge in [-0.15, -0.1) is 0 Å². The van der Waals surface area contributed by atoms with E-state index in [1.165, 1.54) is 0 Å². The Morgan fingerprint density at radius 1 is 1.04 bits per heavy atom. The molecule has 0 bridgehead atoms. The molecule has 0 saturated heterocycles. The molecular weight excluding hydrogens is 397 g/mol. The number of benzene rings is 1. The third-order valence-electron chi connectivity index (χ3n) is 3.34. The molecule has 1 atom stereocenters. The molecule has 0 aliphatic rings. The molecule has 0 spiro atoms. The molecule has 1 unspecified atom stereocenters. The van der Waals surface area contributed by atoms with Crippen LogP contribution in [0.1, 0.15) is 46.5 Å². The molecule has 9 heteroatoms. The Morgan fingerprint density at radius 3 is 2.25 bits per heavy atom. The molecule has 1 aromatic rings. The summed E-state index contributed by atoms with van der Waals surface area (Å²) < 4.78 is 15.4. The second-order valence-electron chi connectivity index (χ2n) is 6.22. The SMILES string of the molecule is CCCC(=O)OC(OC(=O)NCCCC(=O)Oc1ccc(Cl)cc1)C(C)C.[NaH]. The third-order valence-corrected chi connectivity index (χ3v) is 3.59. The average Bonchev–Trinajstić information content (AvgIpc) is 2.60. The number of rotatable bonds is 10. The number of hydrogen-bond donors (Lipinski definition) is 1. The van der Waals surface area contributed by atoms with Gasteiger partial charge in [-0.05, 0) is 37.1 Å². The number of amides is 1. The summed E-state index contributed by atoms with van der Waals surface area (Å²) in [4.78, 5) is 35.1. The van der Waals surface area contributed by atoms with E-state index < -0.39 is 24.3 Å². The molecule has 1 amide bonds. The van der Waals surface area contributed by atoms with Gasteiger partial charge in [0.2, 0.25) is 0 Å². The Morgan fingerprint density at radius 2 is 1.68 bits per heavy atom. The summed E-state index contributed by atoms with van der Waals surface area (Å²) in [6.07, 6.45) is -0.222. The maximum atomic E-state index is 11.8. The maximum absolute atomic E-state index is 11.8. The van der Waals surface area contributed by atoms with E-state index in [0.29, 0.717) is 23.6 Å². The van der Waals surface area contributed by atoms with Crippen LogP contribution in [0.5, 0.6) is 5.75 Å². The van der Waals surface area contributed by atoms with E-state index in [9.17, 15) is 14.4 Å². The molecule has 0 aromatic heterocycles. The van der Waals surface area contributed by atoms with Crippen LogP contribution in [-0.2, 0) is 19.1 Å². The molecular formula is C19H27ClNNaO6. The Kier molecular flexibility index (Phi) is 14.0. The Balaban J connectivity index is 0.00000729. The molecule has 0 radical (unpaired) electrons. The number of carbonyl (C=O) groups is 3. The number of esters is 2. The van der Waals surface area contributed by atoms with Crippen LogP contribution in [0.15, 0.2) is 24.3 Å². The quantitative estimate of drug-likeness (QED) is 0.204.